The fraction of sp³-hybridized carbons (Fsp3) is 0.290. The van der Waals surface area contributed by atoms with E-state index in [1.165, 1.54) is 6.39 Å². The molecule has 40 heavy (non-hydrogen) atoms. The molecule has 6 rings (SSSR count). The number of para-hydroxylation sites is 1. The Morgan fingerprint density at radius 3 is 2.75 bits per heavy atom. The summed E-state index contributed by atoms with van der Waals surface area (Å²) in [7, 11) is 3.53. The van der Waals surface area contributed by atoms with Crippen LogP contribution < -0.4 is 5.32 Å². The first kappa shape index (κ1) is 25.9. The summed E-state index contributed by atoms with van der Waals surface area (Å²) in [6, 6.07) is 16.0. The van der Waals surface area contributed by atoms with Crippen LogP contribution in [0, 0.1) is 6.92 Å². The number of fused-ring (bicyclic) bond motifs is 1. The maximum Gasteiger partial charge on any atom is 0.252 e. The van der Waals surface area contributed by atoms with Crippen LogP contribution in [0.2, 0.25) is 0 Å². The third-order valence-electron chi connectivity index (χ3n) is 7.44. The summed E-state index contributed by atoms with van der Waals surface area (Å²) in [5, 5.41) is 8.74. The fourth-order valence-corrected chi connectivity index (χ4v) is 5.17. The Morgan fingerprint density at radius 1 is 1.20 bits per heavy atom. The molecule has 9 nitrogen and oxygen atoms in total. The Balaban J connectivity index is 1.26. The molecule has 0 bridgehead atoms. The second kappa shape index (κ2) is 10.7. The molecule has 1 saturated carbocycles. The van der Waals surface area contributed by atoms with Crippen LogP contribution in [0.3, 0.4) is 0 Å². The number of hydrogen-bond donors (Lipinski definition) is 1. The summed E-state index contributed by atoms with van der Waals surface area (Å²) in [6.45, 7) is 2.62. The average molecular weight is 538 g/mol. The van der Waals surface area contributed by atoms with E-state index in [9.17, 15) is 4.79 Å². The topological polar surface area (TPSA) is 104 Å². The molecule has 5 aromatic rings. The number of ether oxygens (including phenoxy) is 2. The molecule has 0 radical (unpaired) electrons. The summed E-state index contributed by atoms with van der Waals surface area (Å²) >= 11 is 0. The van der Waals surface area contributed by atoms with E-state index < -0.39 is 5.54 Å². The third kappa shape index (κ3) is 5.13. The maximum atomic E-state index is 13.7. The SMILES string of the molecule is COC[C@H](OCc1cocn1)c1ccc(C(=O)NC2(c3cc(-c4cnn(C)c4)nc4ccccc34)CC2)c(C)c1. The molecular weight excluding hydrogens is 506 g/mol. The molecule has 3 heterocycles. The van der Waals surface area contributed by atoms with Gasteiger partial charge in [-0.3, -0.25) is 9.48 Å². The summed E-state index contributed by atoms with van der Waals surface area (Å²) < 4.78 is 18.2. The Morgan fingerprint density at radius 2 is 2.05 bits per heavy atom. The van der Waals surface area contributed by atoms with Crippen molar-refractivity contribution >= 4 is 16.8 Å². The van der Waals surface area contributed by atoms with Crippen LogP contribution in [0.1, 0.15) is 51.7 Å². The molecule has 204 valence electrons. The highest BCUT2D eigenvalue weighted by molar-refractivity contribution is 5.97. The van der Waals surface area contributed by atoms with Crippen LogP contribution in [0.15, 0.2) is 78.0 Å². The average Bonchev–Trinajstić information content (AvgIpc) is 3.31. The molecule has 2 aromatic carbocycles. The summed E-state index contributed by atoms with van der Waals surface area (Å²) in [5.41, 5.74) is 6.47. The van der Waals surface area contributed by atoms with E-state index in [4.69, 9.17) is 18.9 Å². The zero-order chi connectivity index (χ0) is 27.7. The van der Waals surface area contributed by atoms with Gasteiger partial charge in [-0.2, -0.15) is 5.10 Å². The Hall–Kier alpha value is -4.34. The predicted molar refractivity (Wildman–Crippen MR) is 149 cm³/mol. The van der Waals surface area contributed by atoms with Crippen molar-refractivity contribution < 1.29 is 18.7 Å². The summed E-state index contributed by atoms with van der Waals surface area (Å²) in [5.74, 6) is -0.0998. The van der Waals surface area contributed by atoms with Crippen molar-refractivity contribution in [1.29, 1.82) is 0 Å². The lowest BCUT2D eigenvalue weighted by molar-refractivity contribution is -0.0141. The van der Waals surface area contributed by atoms with Gasteiger partial charge in [0, 0.05) is 36.9 Å². The monoisotopic (exact) mass is 537 g/mol. The molecule has 0 aliphatic heterocycles. The number of oxazole rings is 1. The number of carbonyl (C=O) groups is 1. The third-order valence-corrected chi connectivity index (χ3v) is 7.44. The minimum Gasteiger partial charge on any atom is -0.451 e. The van der Waals surface area contributed by atoms with Crippen molar-refractivity contribution in [1.82, 2.24) is 25.1 Å². The van der Waals surface area contributed by atoms with Crippen molar-refractivity contribution in [3.63, 3.8) is 0 Å². The molecule has 1 amide bonds. The minimum absolute atomic E-state index is 0.0998. The second-order valence-electron chi connectivity index (χ2n) is 10.3. The number of pyridine rings is 1. The van der Waals surface area contributed by atoms with E-state index >= 15 is 0 Å². The van der Waals surface area contributed by atoms with Gasteiger partial charge in [-0.1, -0.05) is 30.3 Å². The molecule has 1 aliphatic carbocycles. The van der Waals surface area contributed by atoms with Gasteiger partial charge in [0.05, 0.1) is 36.2 Å². The predicted octanol–water partition coefficient (Wildman–Crippen LogP) is 5.26. The number of hydrogen-bond acceptors (Lipinski definition) is 7. The Kier molecular flexibility index (Phi) is 6.91. The number of benzene rings is 2. The zero-order valence-corrected chi connectivity index (χ0v) is 22.8. The zero-order valence-electron chi connectivity index (χ0n) is 22.8. The number of aryl methyl sites for hydroxylation is 2. The Labute approximate surface area is 232 Å². The second-order valence-corrected chi connectivity index (χ2v) is 10.3. The number of nitrogens with one attached hydrogen (secondary N) is 1. The van der Waals surface area contributed by atoms with E-state index in [0.29, 0.717) is 24.5 Å². The van der Waals surface area contributed by atoms with Gasteiger partial charge in [0.15, 0.2) is 6.39 Å². The molecule has 9 heteroatoms. The molecular formula is C31H31N5O4. The van der Waals surface area contributed by atoms with Gasteiger partial charge in [-0.05, 0) is 54.7 Å². The smallest absolute Gasteiger partial charge is 0.252 e. The number of nitrogens with zero attached hydrogens (tertiary/aromatic N) is 4. The van der Waals surface area contributed by atoms with Crippen LogP contribution >= 0.6 is 0 Å². The number of carbonyl (C=O) groups excluding carboxylic acids is 1. The number of aromatic nitrogens is 4. The molecule has 1 N–H and O–H groups in total. The van der Waals surface area contributed by atoms with Crippen LogP contribution in [0.5, 0.6) is 0 Å². The van der Waals surface area contributed by atoms with Gasteiger partial charge >= 0.3 is 0 Å². The van der Waals surface area contributed by atoms with E-state index in [0.717, 1.165) is 51.7 Å². The van der Waals surface area contributed by atoms with Crippen molar-refractivity contribution in [2.75, 3.05) is 13.7 Å². The number of rotatable bonds is 10. The van der Waals surface area contributed by atoms with Gasteiger partial charge in [-0.15, -0.1) is 0 Å². The molecule has 0 spiro atoms. The number of methoxy groups -OCH3 is 1. The lowest BCUT2D eigenvalue weighted by Crippen LogP contribution is -2.35. The van der Waals surface area contributed by atoms with E-state index in [-0.39, 0.29) is 12.0 Å². The highest BCUT2D eigenvalue weighted by Gasteiger charge is 2.47. The highest BCUT2D eigenvalue weighted by atomic mass is 16.5. The number of amides is 1. The standard InChI is InChI=1S/C31H31N5O4/c1-20-12-21(29(18-38-3)40-17-23-16-39-19-32-23)8-9-24(20)30(37)35-31(10-11-31)26-13-28(22-14-33-36(2)15-22)34-27-7-5-4-6-25(26)27/h4-9,12-16,19,29H,10-11,17-18H2,1-3H3,(H,35,37)/t29-/m0/s1. The van der Waals surface area contributed by atoms with Gasteiger partial charge in [-0.25, -0.2) is 9.97 Å². The summed E-state index contributed by atoms with van der Waals surface area (Å²) in [4.78, 5) is 22.7. The molecule has 0 unspecified atom stereocenters. The van der Waals surface area contributed by atoms with Crippen molar-refractivity contribution in [2.45, 2.75) is 38.0 Å². The van der Waals surface area contributed by atoms with Crippen molar-refractivity contribution in [3.05, 3.63) is 102 Å². The quantitative estimate of drug-likeness (QED) is 0.259. The maximum absolute atomic E-state index is 13.7. The minimum atomic E-state index is -0.443. The van der Waals surface area contributed by atoms with Gasteiger partial charge < -0.3 is 19.2 Å². The van der Waals surface area contributed by atoms with Crippen LogP contribution in [0.4, 0.5) is 0 Å². The van der Waals surface area contributed by atoms with E-state index in [2.05, 4.69) is 27.5 Å². The first-order chi connectivity index (χ1) is 19.5. The lowest BCUT2D eigenvalue weighted by Gasteiger charge is -2.22. The first-order valence-electron chi connectivity index (χ1n) is 13.3. The fourth-order valence-electron chi connectivity index (χ4n) is 5.17. The van der Waals surface area contributed by atoms with Crippen molar-refractivity contribution in [3.8, 4) is 11.3 Å². The van der Waals surface area contributed by atoms with E-state index in [1.807, 2.05) is 62.8 Å². The van der Waals surface area contributed by atoms with Gasteiger partial charge in [0.25, 0.3) is 5.91 Å². The van der Waals surface area contributed by atoms with E-state index in [1.54, 1.807) is 18.1 Å². The van der Waals surface area contributed by atoms with Crippen LogP contribution in [0.25, 0.3) is 22.2 Å². The van der Waals surface area contributed by atoms with Crippen molar-refractivity contribution in [2.24, 2.45) is 7.05 Å². The molecule has 1 fully saturated rings. The molecule has 3 aromatic heterocycles. The van der Waals surface area contributed by atoms with Crippen LogP contribution in [-0.4, -0.2) is 39.4 Å². The highest BCUT2D eigenvalue weighted by Crippen LogP contribution is 2.49. The Bertz CT molecular complexity index is 1660. The largest absolute Gasteiger partial charge is 0.451 e. The molecule has 1 atom stereocenters. The van der Waals surface area contributed by atoms with Gasteiger partial charge in [0.1, 0.15) is 18.1 Å². The summed E-state index contributed by atoms with van der Waals surface area (Å²) in [6.07, 6.45) is 8.13. The molecule has 1 aliphatic rings. The molecule has 0 saturated heterocycles. The van der Waals surface area contributed by atoms with Gasteiger partial charge in [0.2, 0.25) is 0 Å². The lowest BCUT2D eigenvalue weighted by atomic mass is 9.96. The van der Waals surface area contributed by atoms with Crippen LogP contribution in [-0.2, 0) is 28.7 Å². The normalized spacial score (nSPS) is 14.8. The first-order valence-corrected chi connectivity index (χ1v) is 13.3.